The first kappa shape index (κ1) is 20.1. The van der Waals surface area contributed by atoms with Crippen LogP contribution in [0.1, 0.15) is 66.7 Å². The number of hydrogen-bond acceptors (Lipinski definition) is 4. The number of hydrogen-bond donors (Lipinski definition) is 0. The predicted molar refractivity (Wildman–Crippen MR) is 84.8 cm³/mol. The van der Waals surface area contributed by atoms with Gasteiger partial charge in [-0.3, -0.25) is 0 Å². The highest BCUT2D eigenvalue weighted by molar-refractivity contribution is 6.62. The van der Waals surface area contributed by atoms with Crippen LogP contribution in [0, 0.1) is 0 Å². The van der Waals surface area contributed by atoms with Crippen LogP contribution in [0.15, 0.2) is 0 Å². The summed E-state index contributed by atoms with van der Waals surface area (Å²) in [5, 5.41) is 0. The normalized spacial score (nSPS) is 13.7. The Hall–Kier alpha value is 0.0569. The van der Waals surface area contributed by atoms with Crippen molar-refractivity contribution < 1.29 is 18.0 Å². The van der Waals surface area contributed by atoms with E-state index in [9.17, 15) is 0 Å². The zero-order valence-electron chi connectivity index (χ0n) is 14.1. The molecule has 0 aromatic carbocycles. The van der Waals surface area contributed by atoms with E-state index in [0.29, 0.717) is 19.8 Å². The Balaban J connectivity index is 4.95. The minimum absolute atomic E-state index is 0.0490. The fourth-order valence-electron chi connectivity index (χ4n) is 1.87. The maximum absolute atomic E-state index is 6.10. The van der Waals surface area contributed by atoms with Crippen LogP contribution in [0.4, 0.5) is 0 Å². The lowest BCUT2D eigenvalue weighted by Gasteiger charge is -2.35. The Kier molecular flexibility index (Phi) is 12.8. The monoisotopic (exact) mass is 306 g/mol. The van der Waals surface area contributed by atoms with E-state index in [-0.39, 0.29) is 5.73 Å². The molecule has 0 aliphatic heterocycles. The Morgan fingerprint density at radius 1 is 0.650 bits per heavy atom. The van der Waals surface area contributed by atoms with Crippen molar-refractivity contribution in [2.24, 2.45) is 0 Å². The second kappa shape index (κ2) is 12.8. The molecule has 0 heterocycles. The van der Waals surface area contributed by atoms with Crippen molar-refractivity contribution in [3.63, 3.8) is 0 Å². The van der Waals surface area contributed by atoms with Gasteiger partial charge in [-0.05, 0) is 32.1 Å². The molecule has 0 aliphatic carbocycles. The van der Waals surface area contributed by atoms with Gasteiger partial charge in [0.05, 0.1) is 0 Å². The van der Waals surface area contributed by atoms with Crippen LogP contribution >= 0.6 is 0 Å². The van der Waals surface area contributed by atoms with E-state index in [2.05, 4.69) is 34.6 Å². The third-order valence-electron chi connectivity index (χ3n) is 2.81. The molecule has 0 spiro atoms. The molecule has 0 N–H and O–H groups in total. The SMILES string of the molecule is CCCOC(CC)[Si](OCCC)(OCCC)OCCC. The first-order chi connectivity index (χ1) is 9.70. The molecule has 122 valence electrons. The van der Waals surface area contributed by atoms with Crippen LogP contribution in [-0.2, 0) is 18.0 Å². The van der Waals surface area contributed by atoms with Crippen molar-refractivity contribution in [3.8, 4) is 0 Å². The fourth-order valence-corrected chi connectivity index (χ4v) is 4.96. The summed E-state index contributed by atoms with van der Waals surface area (Å²) >= 11 is 0. The summed E-state index contributed by atoms with van der Waals surface area (Å²) in [6, 6.07) is 0. The van der Waals surface area contributed by atoms with Gasteiger partial charge in [0.25, 0.3) is 0 Å². The topological polar surface area (TPSA) is 36.9 Å². The van der Waals surface area contributed by atoms with Gasteiger partial charge < -0.3 is 18.0 Å². The van der Waals surface area contributed by atoms with Crippen molar-refractivity contribution in [2.75, 3.05) is 26.4 Å². The van der Waals surface area contributed by atoms with E-state index >= 15 is 0 Å². The number of rotatable bonds is 14. The van der Waals surface area contributed by atoms with Gasteiger partial charge in [0, 0.05) is 26.4 Å². The molecule has 0 aromatic rings. The first-order valence-corrected chi connectivity index (χ1v) is 10.0. The highest BCUT2D eigenvalue weighted by atomic mass is 28.4. The summed E-state index contributed by atoms with van der Waals surface area (Å²) < 4.78 is 24.3. The minimum atomic E-state index is -2.75. The molecule has 0 saturated carbocycles. The van der Waals surface area contributed by atoms with Gasteiger partial charge in [0.15, 0.2) is 0 Å². The molecule has 0 amide bonds. The standard InChI is InChI=1S/C15H34O4Si/c1-6-11-16-15(10-5)20(17-12-7-2,18-13-8-3)19-14-9-4/h15H,6-14H2,1-5H3. The van der Waals surface area contributed by atoms with Crippen LogP contribution in [0.25, 0.3) is 0 Å². The van der Waals surface area contributed by atoms with Gasteiger partial charge in [-0.25, -0.2) is 0 Å². The van der Waals surface area contributed by atoms with E-state index in [4.69, 9.17) is 18.0 Å². The molecule has 0 saturated heterocycles. The summed E-state index contributed by atoms with van der Waals surface area (Å²) in [5.41, 5.74) is -0.0490. The predicted octanol–water partition coefficient (Wildman–Crippen LogP) is 3.95. The maximum atomic E-state index is 6.10. The van der Waals surface area contributed by atoms with Crippen molar-refractivity contribution in [1.29, 1.82) is 0 Å². The average Bonchev–Trinajstić information content (AvgIpc) is 2.48. The van der Waals surface area contributed by atoms with Gasteiger partial charge in [0.2, 0.25) is 0 Å². The van der Waals surface area contributed by atoms with Crippen LogP contribution in [0.3, 0.4) is 0 Å². The average molecular weight is 307 g/mol. The summed E-state index contributed by atoms with van der Waals surface area (Å²) in [4.78, 5) is 0. The summed E-state index contributed by atoms with van der Waals surface area (Å²) in [6.07, 6.45) is 4.75. The Morgan fingerprint density at radius 3 is 1.35 bits per heavy atom. The van der Waals surface area contributed by atoms with Crippen molar-refractivity contribution in [2.45, 2.75) is 72.5 Å². The quantitative estimate of drug-likeness (QED) is 0.455. The second-order valence-corrected chi connectivity index (χ2v) is 7.63. The van der Waals surface area contributed by atoms with E-state index in [1.165, 1.54) is 0 Å². The molecule has 1 atom stereocenters. The van der Waals surface area contributed by atoms with Crippen LogP contribution < -0.4 is 0 Å². The third kappa shape index (κ3) is 7.18. The third-order valence-corrected chi connectivity index (χ3v) is 5.99. The lowest BCUT2D eigenvalue weighted by atomic mass is 10.5. The summed E-state index contributed by atoms with van der Waals surface area (Å²) in [6.45, 7) is 13.3. The molecule has 1 unspecified atom stereocenters. The zero-order chi connectivity index (χ0) is 15.3. The van der Waals surface area contributed by atoms with Gasteiger partial charge >= 0.3 is 8.80 Å². The van der Waals surface area contributed by atoms with Crippen molar-refractivity contribution >= 4 is 8.80 Å². The van der Waals surface area contributed by atoms with Gasteiger partial charge in [0.1, 0.15) is 5.73 Å². The van der Waals surface area contributed by atoms with Crippen LogP contribution in [-0.4, -0.2) is 41.0 Å². The lowest BCUT2D eigenvalue weighted by molar-refractivity contribution is -0.0167. The fraction of sp³-hybridized carbons (Fsp3) is 1.00. The molecule has 0 bridgehead atoms. The Bertz CT molecular complexity index is 192. The molecule has 0 aliphatic rings. The van der Waals surface area contributed by atoms with Gasteiger partial charge in [-0.1, -0.05) is 34.6 Å². The molecule has 4 nitrogen and oxygen atoms in total. The molecule has 0 radical (unpaired) electrons. The van der Waals surface area contributed by atoms with E-state index < -0.39 is 8.80 Å². The van der Waals surface area contributed by atoms with Crippen LogP contribution in [0.2, 0.25) is 0 Å². The van der Waals surface area contributed by atoms with Crippen molar-refractivity contribution in [3.05, 3.63) is 0 Å². The highest BCUT2D eigenvalue weighted by Crippen LogP contribution is 2.22. The molecular formula is C15H34O4Si. The summed E-state index contributed by atoms with van der Waals surface area (Å²) in [5.74, 6) is 0. The second-order valence-electron chi connectivity index (χ2n) is 4.92. The van der Waals surface area contributed by atoms with Crippen LogP contribution in [0.5, 0.6) is 0 Å². The van der Waals surface area contributed by atoms with E-state index in [1.54, 1.807) is 0 Å². The minimum Gasteiger partial charge on any atom is -0.374 e. The lowest BCUT2D eigenvalue weighted by Crippen LogP contribution is -2.58. The first-order valence-electron chi connectivity index (χ1n) is 8.24. The van der Waals surface area contributed by atoms with Crippen molar-refractivity contribution in [1.82, 2.24) is 0 Å². The van der Waals surface area contributed by atoms with E-state index in [1.807, 2.05) is 0 Å². The zero-order valence-corrected chi connectivity index (χ0v) is 15.1. The van der Waals surface area contributed by atoms with Gasteiger partial charge in [-0.2, -0.15) is 0 Å². The maximum Gasteiger partial charge on any atom is 0.531 e. The Morgan fingerprint density at radius 2 is 1.05 bits per heavy atom. The number of ether oxygens (including phenoxy) is 1. The molecule has 0 fully saturated rings. The molecule has 0 rings (SSSR count). The molecule has 0 aromatic heterocycles. The molecule has 5 heteroatoms. The summed E-state index contributed by atoms with van der Waals surface area (Å²) in [7, 11) is -2.75. The smallest absolute Gasteiger partial charge is 0.374 e. The Labute approximate surface area is 126 Å². The molecule has 20 heavy (non-hydrogen) atoms. The molecular weight excluding hydrogens is 272 g/mol. The highest BCUT2D eigenvalue weighted by Gasteiger charge is 2.49. The van der Waals surface area contributed by atoms with Gasteiger partial charge in [-0.15, -0.1) is 0 Å². The largest absolute Gasteiger partial charge is 0.531 e. The van der Waals surface area contributed by atoms with E-state index in [0.717, 1.165) is 38.7 Å².